The first kappa shape index (κ1) is 11.5. The first-order chi connectivity index (χ1) is 7.66. The van der Waals surface area contributed by atoms with Crippen molar-refractivity contribution < 1.29 is 9.90 Å². The number of aromatic carboxylic acids is 1. The monoisotopic (exact) mass is 238 g/mol. The molecule has 0 aromatic heterocycles. The van der Waals surface area contributed by atoms with E-state index in [2.05, 4.69) is 0 Å². The van der Waals surface area contributed by atoms with Crippen molar-refractivity contribution >= 4 is 17.6 Å². The molecule has 16 heavy (non-hydrogen) atoms. The maximum atomic E-state index is 10.7. The number of hydrogen-bond acceptors (Lipinski definition) is 1. The molecule has 2 unspecified atom stereocenters. The quantitative estimate of drug-likeness (QED) is 0.799. The van der Waals surface area contributed by atoms with Crippen LogP contribution in [0.4, 0.5) is 0 Å². The molecule has 1 aliphatic carbocycles. The van der Waals surface area contributed by atoms with Crippen molar-refractivity contribution in [1.82, 2.24) is 0 Å². The van der Waals surface area contributed by atoms with Crippen molar-refractivity contribution in [1.29, 1.82) is 0 Å². The fourth-order valence-electron chi connectivity index (χ4n) is 2.33. The van der Waals surface area contributed by atoms with E-state index >= 15 is 0 Å². The van der Waals surface area contributed by atoms with Gasteiger partial charge in [0.15, 0.2) is 0 Å². The summed E-state index contributed by atoms with van der Waals surface area (Å²) < 4.78 is 0. The third-order valence-electron chi connectivity index (χ3n) is 3.24. The lowest BCUT2D eigenvalue weighted by atomic mass is 9.83. The zero-order valence-electron chi connectivity index (χ0n) is 9.03. The molecule has 1 saturated carbocycles. The van der Waals surface area contributed by atoms with Crippen molar-refractivity contribution in [2.24, 2.45) is 0 Å². The third-order valence-corrected chi connectivity index (χ3v) is 3.64. The van der Waals surface area contributed by atoms with Gasteiger partial charge in [-0.15, -0.1) is 11.6 Å². The minimum atomic E-state index is -0.870. The molecule has 1 fully saturated rings. The first-order valence-electron chi connectivity index (χ1n) is 5.64. The number of carbonyl (C=O) groups is 1. The van der Waals surface area contributed by atoms with Gasteiger partial charge in [-0.05, 0) is 42.9 Å². The molecule has 0 spiro atoms. The van der Waals surface area contributed by atoms with E-state index in [0.717, 1.165) is 19.3 Å². The van der Waals surface area contributed by atoms with Gasteiger partial charge in [0.25, 0.3) is 0 Å². The lowest BCUT2D eigenvalue weighted by Gasteiger charge is -2.25. The van der Waals surface area contributed by atoms with E-state index in [-0.39, 0.29) is 5.38 Å². The van der Waals surface area contributed by atoms with Crippen molar-refractivity contribution in [3.8, 4) is 0 Å². The third kappa shape index (κ3) is 2.56. The molecule has 1 N–H and O–H groups in total. The molecule has 0 heterocycles. The number of carboxylic acids is 1. The molecular weight excluding hydrogens is 224 g/mol. The number of benzene rings is 1. The summed E-state index contributed by atoms with van der Waals surface area (Å²) in [4.78, 5) is 10.7. The Balaban J connectivity index is 2.11. The molecule has 0 radical (unpaired) electrons. The van der Waals surface area contributed by atoms with Crippen LogP contribution in [-0.4, -0.2) is 16.5 Å². The van der Waals surface area contributed by atoms with E-state index < -0.39 is 5.97 Å². The molecule has 2 rings (SSSR count). The fraction of sp³-hybridized carbons (Fsp3) is 0.462. The summed E-state index contributed by atoms with van der Waals surface area (Å²) >= 11 is 6.15. The summed E-state index contributed by atoms with van der Waals surface area (Å²) in [6.07, 6.45) is 4.44. The van der Waals surface area contributed by atoms with E-state index in [9.17, 15) is 4.79 Å². The summed E-state index contributed by atoms with van der Waals surface area (Å²) in [6.45, 7) is 0. The van der Waals surface area contributed by atoms with Crippen molar-refractivity contribution in [3.05, 3.63) is 35.4 Å². The maximum Gasteiger partial charge on any atom is 0.335 e. The van der Waals surface area contributed by atoms with Gasteiger partial charge in [0.1, 0.15) is 0 Å². The molecule has 0 amide bonds. The lowest BCUT2D eigenvalue weighted by Crippen LogP contribution is -2.14. The van der Waals surface area contributed by atoms with Gasteiger partial charge in [0.05, 0.1) is 5.56 Å². The zero-order chi connectivity index (χ0) is 11.5. The van der Waals surface area contributed by atoms with Crippen LogP contribution in [0, 0.1) is 0 Å². The Morgan fingerprint density at radius 1 is 1.25 bits per heavy atom. The second kappa shape index (κ2) is 4.88. The van der Waals surface area contributed by atoms with Gasteiger partial charge in [-0.3, -0.25) is 0 Å². The molecule has 1 aliphatic rings. The highest BCUT2D eigenvalue weighted by Crippen LogP contribution is 2.35. The topological polar surface area (TPSA) is 37.3 Å². The van der Waals surface area contributed by atoms with Crippen LogP contribution in [0.2, 0.25) is 0 Å². The van der Waals surface area contributed by atoms with E-state index in [1.54, 1.807) is 12.1 Å². The van der Waals surface area contributed by atoms with Gasteiger partial charge in [0.2, 0.25) is 0 Å². The van der Waals surface area contributed by atoms with E-state index in [1.807, 2.05) is 12.1 Å². The smallest absolute Gasteiger partial charge is 0.335 e. The number of rotatable bonds is 2. The summed E-state index contributed by atoms with van der Waals surface area (Å²) in [6, 6.07) is 7.19. The van der Waals surface area contributed by atoms with Crippen molar-refractivity contribution in [2.75, 3.05) is 0 Å². The van der Waals surface area contributed by atoms with Crippen LogP contribution in [0.1, 0.15) is 47.5 Å². The Morgan fingerprint density at radius 2 is 1.94 bits per heavy atom. The van der Waals surface area contributed by atoms with Crippen LogP contribution in [0.5, 0.6) is 0 Å². The van der Waals surface area contributed by atoms with Gasteiger partial charge in [-0.1, -0.05) is 18.6 Å². The van der Waals surface area contributed by atoms with Gasteiger partial charge >= 0.3 is 5.97 Å². The van der Waals surface area contributed by atoms with Crippen LogP contribution in [0.25, 0.3) is 0 Å². The molecule has 1 aromatic carbocycles. The second-order valence-corrected chi connectivity index (χ2v) is 5.01. The summed E-state index contributed by atoms with van der Waals surface area (Å²) in [5.41, 5.74) is 1.57. The number of hydrogen-bond donors (Lipinski definition) is 1. The van der Waals surface area contributed by atoms with Crippen molar-refractivity contribution in [3.63, 3.8) is 0 Å². The van der Waals surface area contributed by atoms with Crippen LogP contribution in [0.15, 0.2) is 24.3 Å². The molecule has 2 nitrogen and oxygen atoms in total. The van der Waals surface area contributed by atoms with Crippen LogP contribution in [0.3, 0.4) is 0 Å². The molecule has 1 aromatic rings. The average Bonchev–Trinajstić information content (AvgIpc) is 2.29. The maximum absolute atomic E-state index is 10.7. The summed E-state index contributed by atoms with van der Waals surface area (Å²) in [5.74, 6) is -0.371. The van der Waals surface area contributed by atoms with Gasteiger partial charge < -0.3 is 5.11 Å². The fourth-order valence-corrected chi connectivity index (χ4v) is 2.70. The first-order valence-corrected chi connectivity index (χ1v) is 6.08. The largest absolute Gasteiger partial charge is 0.478 e. The minimum absolute atomic E-state index is 0.276. The number of halogens is 1. The Kier molecular flexibility index (Phi) is 3.49. The standard InChI is InChI=1S/C13H15ClO2/c14-12-3-1-2-11(8-12)9-4-6-10(7-5-9)13(15)16/h4-7,11-12H,1-3,8H2,(H,15,16). The minimum Gasteiger partial charge on any atom is -0.478 e. The molecule has 2 atom stereocenters. The Labute approximate surface area is 100 Å². The molecule has 0 aliphatic heterocycles. The van der Waals surface area contributed by atoms with E-state index in [1.165, 1.54) is 12.0 Å². The van der Waals surface area contributed by atoms with Gasteiger partial charge in [0, 0.05) is 5.38 Å². The highest BCUT2D eigenvalue weighted by Gasteiger charge is 2.21. The van der Waals surface area contributed by atoms with Gasteiger partial charge in [-0.25, -0.2) is 4.79 Å². The van der Waals surface area contributed by atoms with Crippen molar-refractivity contribution in [2.45, 2.75) is 37.0 Å². The Hall–Kier alpha value is -1.02. The van der Waals surface area contributed by atoms with E-state index in [4.69, 9.17) is 16.7 Å². The molecule has 3 heteroatoms. The Bertz CT molecular complexity index is 372. The van der Waals surface area contributed by atoms with E-state index in [0.29, 0.717) is 11.5 Å². The average molecular weight is 239 g/mol. The predicted molar refractivity (Wildman–Crippen MR) is 64.3 cm³/mol. The number of alkyl halides is 1. The normalized spacial score (nSPS) is 25.3. The highest BCUT2D eigenvalue weighted by molar-refractivity contribution is 6.20. The van der Waals surface area contributed by atoms with Crippen LogP contribution in [-0.2, 0) is 0 Å². The van der Waals surface area contributed by atoms with Gasteiger partial charge in [-0.2, -0.15) is 0 Å². The molecule has 86 valence electrons. The summed E-state index contributed by atoms with van der Waals surface area (Å²) in [5, 5.41) is 9.08. The molecule has 0 saturated heterocycles. The Morgan fingerprint density at radius 3 is 2.50 bits per heavy atom. The zero-order valence-corrected chi connectivity index (χ0v) is 9.78. The highest BCUT2D eigenvalue weighted by atomic mass is 35.5. The second-order valence-electron chi connectivity index (χ2n) is 4.39. The molecule has 0 bridgehead atoms. The summed E-state index contributed by atoms with van der Waals surface area (Å²) in [7, 11) is 0. The number of carboxylic acid groups (broad SMARTS) is 1. The lowest BCUT2D eigenvalue weighted by molar-refractivity contribution is 0.0697. The molecular formula is C13H15ClO2. The van der Waals surface area contributed by atoms with Crippen LogP contribution < -0.4 is 0 Å². The van der Waals surface area contributed by atoms with Crippen LogP contribution >= 0.6 is 11.6 Å². The predicted octanol–water partition coefficient (Wildman–Crippen LogP) is 3.65. The SMILES string of the molecule is O=C(O)c1ccc(C2CCCC(Cl)C2)cc1.